The number of nitrogens with one attached hydrogen (secondary N) is 1. The van der Waals surface area contributed by atoms with Crippen LogP contribution in [0.3, 0.4) is 0 Å². The summed E-state index contributed by atoms with van der Waals surface area (Å²) in [5, 5.41) is 3.09. The average molecular weight is 347 g/mol. The lowest BCUT2D eigenvalue weighted by Crippen LogP contribution is -2.22. The van der Waals surface area contributed by atoms with Gasteiger partial charge in [-0.2, -0.15) is 0 Å². The largest absolute Gasteiger partial charge is 0.494 e. The van der Waals surface area contributed by atoms with Crippen LogP contribution in [-0.4, -0.2) is 37.4 Å². The molecule has 0 atom stereocenters. The van der Waals surface area contributed by atoms with E-state index in [4.69, 9.17) is 16.3 Å². The summed E-state index contributed by atoms with van der Waals surface area (Å²) in [5.74, 6) is 0.126. The number of hydrogen-bond donors (Lipinski definition) is 1. The van der Waals surface area contributed by atoms with Gasteiger partial charge in [0.15, 0.2) is 0 Å². The van der Waals surface area contributed by atoms with Crippen LogP contribution in [0, 0.1) is 0 Å². The molecule has 0 heterocycles. The molecule has 0 aliphatic rings. The summed E-state index contributed by atoms with van der Waals surface area (Å²) in [6.45, 7) is 2.39. The molecule has 126 valence electrons. The number of ether oxygens (including phenoxy) is 1. The molecule has 24 heavy (non-hydrogen) atoms. The zero-order chi connectivity index (χ0) is 17.7. The van der Waals surface area contributed by atoms with Crippen LogP contribution in [0.5, 0.6) is 5.75 Å². The van der Waals surface area contributed by atoms with E-state index in [0.717, 1.165) is 0 Å². The fourth-order valence-electron chi connectivity index (χ4n) is 2.10. The van der Waals surface area contributed by atoms with Gasteiger partial charge in [0.25, 0.3) is 11.8 Å². The van der Waals surface area contributed by atoms with E-state index in [2.05, 4.69) is 5.32 Å². The molecule has 2 aromatic rings. The van der Waals surface area contributed by atoms with Crippen LogP contribution in [-0.2, 0) is 0 Å². The molecule has 0 spiro atoms. The van der Waals surface area contributed by atoms with Gasteiger partial charge in [-0.25, -0.2) is 0 Å². The van der Waals surface area contributed by atoms with Gasteiger partial charge in [-0.05, 0) is 43.3 Å². The monoisotopic (exact) mass is 346 g/mol. The predicted molar refractivity (Wildman–Crippen MR) is 95.0 cm³/mol. The van der Waals surface area contributed by atoms with Crippen LogP contribution in [0.4, 0.5) is 5.69 Å². The molecule has 2 amide bonds. The first-order valence-electron chi connectivity index (χ1n) is 7.47. The molecule has 0 aliphatic heterocycles. The number of rotatable bonds is 5. The van der Waals surface area contributed by atoms with Crippen molar-refractivity contribution >= 4 is 29.1 Å². The number of nitrogens with zero attached hydrogens (tertiary/aromatic N) is 1. The van der Waals surface area contributed by atoms with E-state index in [1.54, 1.807) is 56.6 Å². The average Bonchev–Trinajstić information content (AvgIpc) is 2.56. The van der Waals surface area contributed by atoms with Crippen molar-refractivity contribution in [2.24, 2.45) is 0 Å². The summed E-state index contributed by atoms with van der Waals surface area (Å²) in [7, 11) is 3.32. The van der Waals surface area contributed by atoms with Gasteiger partial charge in [-0.1, -0.05) is 17.7 Å². The van der Waals surface area contributed by atoms with Crippen molar-refractivity contribution < 1.29 is 14.3 Å². The molecule has 0 fully saturated rings. The second-order valence-corrected chi connectivity index (χ2v) is 5.72. The van der Waals surface area contributed by atoms with Gasteiger partial charge in [0.05, 0.1) is 17.3 Å². The third-order valence-electron chi connectivity index (χ3n) is 3.27. The Morgan fingerprint density at radius 1 is 1.12 bits per heavy atom. The van der Waals surface area contributed by atoms with E-state index in [-0.39, 0.29) is 11.8 Å². The number of carbonyl (C=O) groups excluding carboxylic acids is 2. The number of halogens is 1. The van der Waals surface area contributed by atoms with Crippen molar-refractivity contribution in [3.05, 3.63) is 58.6 Å². The van der Waals surface area contributed by atoms with Crippen molar-refractivity contribution in [3.63, 3.8) is 0 Å². The second kappa shape index (κ2) is 7.84. The molecule has 6 heteroatoms. The van der Waals surface area contributed by atoms with E-state index in [9.17, 15) is 9.59 Å². The Bertz CT molecular complexity index is 760. The number of amides is 2. The number of carbonyl (C=O) groups is 2. The minimum Gasteiger partial charge on any atom is -0.494 e. The molecule has 2 aromatic carbocycles. The Labute approximate surface area is 146 Å². The van der Waals surface area contributed by atoms with E-state index >= 15 is 0 Å². The lowest BCUT2D eigenvalue weighted by molar-refractivity contribution is 0.0827. The summed E-state index contributed by atoms with van der Waals surface area (Å²) in [4.78, 5) is 25.9. The molecule has 0 saturated carbocycles. The Kier molecular flexibility index (Phi) is 5.82. The molecule has 0 saturated heterocycles. The van der Waals surface area contributed by atoms with Gasteiger partial charge < -0.3 is 15.0 Å². The summed E-state index contributed by atoms with van der Waals surface area (Å²) in [5.41, 5.74) is 1.28. The lowest BCUT2D eigenvalue weighted by Gasteiger charge is -2.13. The van der Waals surface area contributed by atoms with Crippen LogP contribution in [0.2, 0.25) is 5.02 Å². The zero-order valence-corrected chi connectivity index (χ0v) is 14.6. The lowest BCUT2D eigenvalue weighted by atomic mass is 10.1. The molecular weight excluding hydrogens is 328 g/mol. The normalized spacial score (nSPS) is 10.2. The molecule has 0 aliphatic carbocycles. The van der Waals surface area contributed by atoms with Crippen molar-refractivity contribution in [2.45, 2.75) is 6.92 Å². The van der Waals surface area contributed by atoms with Gasteiger partial charge in [-0.3, -0.25) is 9.59 Å². The minimum atomic E-state index is -0.326. The Morgan fingerprint density at radius 3 is 2.54 bits per heavy atom. The first kappa shape index (κ1) is 17.8. The van der Waals surface area contributed by atoms with E-state index in [1.165, 1.54) is 4.90 Å². The zero-order valence-electron chi connectivity index (χ0n) is 13.8. The maximum absolute atomic E-state index is 12.4. The molecule has 0 unspecified atom stereocenters. The highest BCUT2D eigenvalue weighted by Gasteiger charge is 2.13. The van der Waals surface area contributed by atoms with Gasteiger partial charge >= 0.3 is 0 Å². The smallest absolute Gasteiger partial charge is 0.255 e. The van der Waals surface area contributed by atoms with Crippen LogP contribution in [0.1, 0.15) is 27.6 Å². The van der Waals surface area contributed by atoms with Crippen molar-refractivity contribution in [2.75, 3.05) is 26.0 Å². The number of anilines is 1. The highest BCUT2D eigenvalue weighted by Crippen LogP contribution is 2.24. The molecule has 0 bridgehead atoms. The Hall–Kier alpha value is -2.53. The molecule has 0 aromatic heterocycles. The maximum Gasteiger partial charge on any atom is 0.255 e. The highest BCUT2D eigenvalue weighted by molar-refractivity contribution is 6.34. The number of benzene rings is 2. The standard InChI is InChI=1S/C18H19ClN2O3/c1-4-24-14-7-5-6-12(10-14)17(22)20-16-11-13(8-9-15(16)19)18(23)21(2)3/h5-11H,4H2,1-3H3,(H,20,22). The number of hydrogen-bond acceptors (Lipinski definition) is 3. The van der Waals surface area contributed by atoms with Crippen LogP contribution in [0.15, 0.2) is 42.5 Å². The predicted octanol–water partition coefficient (Wildman–Crippen LogP) is 3.69. The van der Waals surface area contributed by atoms with Crippen molar-refractivity contribution in [3.8, 4) is 5.75 Å². The van der Waals surface area contributed by atoms with Crippen LogP contribution < -0.4 is 10.1 Å². The van der Waals surface area contributed by atoms with E-state index in [1.807, 2.05) is 6.92 Å². The molecule has 1 N–H and O–H groups in total. The van der Waals surface area contributed by atoms with Crippen molar-refractivity contribution in [1.82, 2.24) is 4.90 Å². The third kappa shape index (κ3) is 4.26. The SMILES string of the molecule is CCOc1cccc(C(=O)Nc2cc(C(=O)N(C)C)ccc2Cl)c1. The molecular formula is C18H19ClN2O3. The summed E-state index contributed by atoms with van der Waals surface area (Å²) in [6.07, 6.45) is 0. The molecule has 2 rings (SSSR count). The van der Waals surface area contributed by atoms with Crippen molar-refractivity contribution in [1.29, 1.82) is 0 Å². The fourth-order valence-corrected chi connectivity index (χ4v) is 2.27. The first-order chi connectivity index (χ1) is 11.4. The topological polar surface area (TPSA) is 58.6 Å². The summed E-state index contributed by atoms with van der Waals surface area (Å²) < 4.78 is 5.39. The first-order valence-corrected chi connectivity index (χ1v) is 7.85. The van der Waals surface area contributed by atoms with E-state index < -0.39 is 0 Å². The van der Waals surface area contributed by atoms with Gasteiger partial charge in [0, 0.05) is 25.2 Å². The van der Waals surface area contributed by atoms with E-state index in [0.29, 0.717) is 34.2 Å². The van der Waals surface area contributed by atoms with Crippen LogP contribution in [0.25, 0.3) is 0 Å². The highest BCUT2D eigenvalue weighted by atomic mass is 35.5. The Morgan fingerprint density at radius 2 is 1.88 bits per heavy atom. The maximum atomic E-state index is 12.4. The Balaban J connectivity index is 2.24. The summed E-state index contributed by atoms with van der Waals surface area (Å²) in [6, 6.07) is 11.6. The van der Waals surface area contributed by atoms with Crippen LogP contribution >= 0.6 is 11.6 Å². The van der Waals surface area contributed by atoms with Gasteiger partial charge in [0.1, 0.15) is 5.75 Å². The third-order valence-corrected chi connectivity index (χ3v) is 3.60. The van der Waals surface area contributed by atoms with Gasteiger partial charge in [0.2, 0.25) is 0 Å². The second-order valence-electron chi connectivity index (χ2n) is 5.31. The quantitative estimate of drug-likeness (QED) is 0.898. The minimum absolute atomic E-state index is 0.166. The fraction of sp³-hybridized carbons (Fsp3) is 0.222. The molecule has 0 radical (unpaired) electrons. The molecule has 5 nitrogen and oxygen atoms in total. The summed E-state index contributed by atoms with van der Waals surface area (Å²) >= 11 is 6.13. The van der Waals surface area contributed by atoms with Gasteiger partial charge in [-0.15, -0.1) is 0 Å².